The van der Waals surface area contributed by atoms with Crippen molar-refractivity contribution in [1.82, 2.24) is 0 Å². The summed E-state index contributed by atoms with van der Waals surface area (Å²) in [5.74, 6) is 0.591. The molecule has 6 heteroatoms. The van der Waals surface area contributed by atoms with Gasteiger partial charge in [0.1, 0.15) is 11.5 Å². The van der Waals surface area contributed by atoms with Crippen LogP contribution >= 0.6 is 15.9 Å². The van der Waals surface area contributed by atoms with Crippen molar-refractivity contribution < 1.29 is 24.1 Å². The first-order valence-corrected chi connectivity index (χ1v) is 6.75. The van der Waals surface area contributed by atoms with Crippen LogP contribution in [0.4, 0.5) is 0 Å². The van der Waals surface area contributed by atoms with Gasteiger partial charge in [-0.15, -0.1) is 0 Å². The first-order chi connectivity index (χ1) is 9.08. The monoisotopic (exact) mass is 332 g/mol. The van der Waals surface area contributed by atoms with Gasteiger partial charge in [0.25, 0.3) is 0 Å². The van der Waals surface area contributed by atoms with Crippen LogP contribution in [0.2, 0.25) is 0 Å². The molecular weight excluding hydrogens is 316 g/mol. The first kappa shape index (κ1) is 15.8. The molecule has 0 saturated carbocycles. The first-order valence-electron chi connectivity index (χ1n) is 5.63. The molecule has 0 amide bonds. The summed E-state index contributed by atoms with van der Waals surface area (Å²) in [6.07, 6.45) is -1.13. The molecule has 0 radical (unpaired) electrons. The van der Waals surface area contributed by atoms with Crippen LogP contribution in [0.3, 0.4) is 0 Å². The van der Waals surface area contributed by atoms with E-state index >= 15 is 0 Å². The quantitative estimate of drug-likeness (QED) is 0.634. The summed E-state index contributed by atoms with van der Waals surface area (Å²) in [6, 6.07) is 3.52. The van der Waals surface area contributed by atoms with E-state index in [1.54, 1.807) is 19.2 Å². The molecule has 0 bridgehead atoms. The zero-order chi connectivity index (χ0) is 14.4. The van der Waals surface area contributed by atoms with Crippen LogP contribution in [-0.2, 0) is 21.3 Å². The van der Waals surface area contributed by atoms with E-state index in [0.717, 1.165) is 11.1 Å². The smallest absolute Gasteiger partial charge is 0.335 e. The predicted molar refractivity (Wildman–Crippen MR) is 73.9 cm³/mol. The molecule has 1 N–H and O–H groups in total. The van der Waals surface area contributed by atoms with Crippen molar-refractivity contribution in [3.8, 4) is 11.5 Å². The number of ether oxygens (including phenoxy) is 3. The molecular formula is C13H17BrO5. The van der Waals surface area contributed by atoms with E-state index in [1.807, 2.05) is 0 Å². The lowest BCUT2D eigenvalue weighted by atomic mass is 10.0. The lowest BCUT2D eigenvalue weighted by Gasteiger charge is -2.17. The lowest BCUT2D eigenvalue weighted by molar-refractivity contribution is -0.150. The van der Waals surface area contributed by atoms with Gasteiger partial charge in [0.15, 0.2) is 6.10 Å². The number of aliphatic hydroxyl groups excluding tert-OH is 1. The van der Waals surface area contributed by atoms with Crippen LogP contribution < -0.4 is 9.47 Å². The van der Waals surface area contributed by atoms with Crippen LogP contribution in [0.5, 0.6) is 11.5 Å². The molecule has 0 fully saturated rings. The fourth-order valence-corrected chi connectivity index (χ4v) is 2.43. The van der Waals surface area contributed by atoms with Gasteiger partial charge >= 0.3 is 5.97 Å². The van der Waals surface area contributed by atoms with Crippen molar-refractivity contribution in [3.05, 3.63) is 23.3 Å². The summed E-state index contributed by atoms with van der Waals surface area (Å²) in [4.78, 5) is 11.3. The number of hydrogen-bond donors (Lipinski definition) is 1. The van der Waals surface area contributed by atoms with E-state index in [-0.39, 0.29) is 6.42 Å². The van der Waals surface area contributed by atoms with Gasteiger partial charge in [-0.1, -0.05) is 15.9 Å². The minimum Gasteiger partial charge on any atom is -0.496 e. The van der Waals surface area contributed by atoms with E-state index in [9.17, 15) is 9.90 Å². The summed E-state index contributed by atoms with van der Waals surface area (Å²) in [5, 5.41) is 10.3. The van der Waals surface area contributed by atoms with Gasteiger partial charge in [0, 0.05) is 22.9 Å². The molecule has 1 atom stereocenters. The summed E-state index contributed by atoms with van der Waals surface area (Å²) in [6.45, 7) is 0. The number of aliphatic hydroxyl groups is 1. The Labute approximate surface area is 120 Å². The van der Waals surface area contributed by atoms with Gasteiger partial charge in [0.2, 0.25) is 0 Å². The van der Waals surface area contributed by atoms with E-state index in [4.69, 9.17) is 9.47 Å². The summed E-state index contributed by atoms with van der Waals surface area (Å²) >= 11 is 3.37. The minimum absolute atomic E-state index is 0.105. The second-order valence-electron chi connectivity index (χ2n) is 3.80. The van der Waals surface area contributed by atoms with Gasteiger partial charge in [-0.25, -0.2) is 4.79 Å². The third-order valence-corrected chi connectivity index (χ3v) is 3.35. The fraction of sp³-hybridized carbons (Fsp3) is 0.462. The summed E-state index contributed by atoms with van der Waals surface area (Å²) in [7, 11) is 4.34. The molecule has 1 unspecified atom stereocenters. The highest BCUT2D eigenvalue weighted by atomic mass is 79.9. The molecule has 0 aliphatic heterocycles. The number of carbonyl (C=O) groups is 1. The van der Waals surface area contributed by atoms with Gasteiger partial charge in [0.05, 0.1) is 21.3 Å². The van der Waals surface area contributed by atoms with Crippen molar-refractivity contribution >= 4 is 21.9 Å². The van der Waals surface area contributed by atoms with E-state index in [1.165, 1.54) is 14.2 Å². The SMILES string of the molecule is COC(=O)C(O)Cc1c(OC)ccc(OC)c1CBr. The Hall–Kier alpha value is -1.27. The van der Waals surface area contributed by atoms with E-state index < -0.39 is 12.1 Å². The molecule has 106 valence electrons. The Morgan fingerprint density at radius 3 is 2.16 bits per heavy atom. The number of methoxy groups -OCH3 is 3. The Morgan fingerprint density at radius 2 is 1.74 bits per heavy atom. The van der Waals surface area contributed by atoms with Crippen molar-refractivity contribution in [1.29, 1.82) is 0 Å². The molecule has 1 rings (SSSR count). The summed E-state index contributed by atoms with van der Waals surface area (Å²) < 4.78 is 15.0. The molecule has 5 nitrogen and oxygen atoms in total. The van der Waals surface area contributed by atoms with Gasteiger partial charge < -0.3 is 19.3 Å². The van der Waals surface area contributed by atoms with Crippen molar-refractivity contribution in [2.24, 2.45) is 0 Å². The molecule has 0 aliphatic carbocycles. The van der Waals surface area contributed by atoms with Crippen molar-refractivity contribution in [3.63, 3.8) is 0 Å². The molecule has 1 aromatic carbocycles. The van der Waals surface area contributed by atoms with Crippen LogP contribution in [0, 0.1) is 0 Å². The molecule has 0 saturated heterocycles. The average Bonchev–Trinajstić information content (AvgIpc) is 2.45. The number of hydrogen-bond acceptors (Lipinski definition) is 5. The zero-order valence-electron chi connectivity index (χ0n) is 11.1. The number of carbonyl (C=O) groups excluding carboxylic acids is 1. The lowest BCUT2D eigenvalue weighted by Crippen LogP contribution is -2.25. The topological polar surface area (TPSA) is 65.0 Å². The highest BCUT2D eigenvalue weighted by Crippen LogP contribution is 2.33. The Bertz CT molecular complexity index is 447. The number of benzene rings is 1. The molecule has 0 aromatic heterocycles. The number of esters is 1. The Balaban J connectivity index is 3.18. The number of rotatable bonds is 6. The molecule has 19 heavy (non-hydrogen) atoms. The van der Waals surface area contributed by atoms with E-state index in [2.05, 4.69) is 20.7 Å². The number of halogens is 1. The largest absolute Gasteiger partial charge is 0.496 e. The second-order valence-corrected chi connectivity index (χ2v) is 4.36. The second kappa shape index (κ2) is 7.35. The van der Waals surface area contributed by atoms with Gasteiger partial charge in [-0.05, 0) is 12.1 Å². The minimum atomic E-state index is -1.23. The Morgan fingerprint density at radius 1 is 1.21 bits per heavy atom. The van der Waals surface area contributed by atoms with Crippen LogP contribution in [0.15, 0.2) is 12.1 Å². The van der Waals surface area contributed by atoms with Gasteiger partial charge in [-0.2, -0.15) is 0 Å². The van der Waals surface area contributed by atoms with Crippen LogP contribution in [0.1, 0.15) is 11.1 Å². The maximum atomic E-state index is 11.3. The third kappa shape index (κ3) is 3.61. The highest BCUT2D eigenvalue weighted by Gasteiger charge is 2.22. The highest BCUT2D eigenvalue weighted by molar-refractivity contribution is 9.08. The standard InChI is InChI=1S/C13H17BrO5/c1-17-11-4-5-12(18-2)9(7-14)8(11)6-10(15)13(16)19-3/h4-5,10,15H,6-7H2,1-3H3. The molecule has 1 aromatic rings. The molecule has 0 heterocycles. The normalized spacial score (nSPS) is 11.8. The fourth-order valence-electron chi connectivity index (χ4n) is 1.82. The average molecular weight is 333 g/mol. The Kier molecular flexibility index (Phi) is 6.11. The van der Waals surface area contributed by atoms with Crippen molar-refractivity contribution in [2.45, 2.75) is 17.9 Å². The molecule has 0 aliphatic rings. The third-order valence-electron chi connectivity index (χ3n) is 2.79. The maximum Gasteiger partial charge on any atom is 0.335 e. The van der Waals surface area contributed by atoms with Gasteiger partial charge in [-0.3, -0.25) is 0 Å². The van der Waals surface area contributed by atoms with Crippen LogP contribution in [0.25, 0.3) is 0 Å². The predicted octanol–water partition coefficient (Wildman–Crippen LogP) is 1.68. The van der Waals surface area contributed by atoms with Crippen molar-refractivity contribution in [2.75, 3.05) is 21.3 Å². The maximum absolute atomic E-state index is 11.3. The van der Waals surface area contributed by atoms with E-state index in [0.29, 0.717) is 16.8 Å². The van der Waals surface area contributed by atoms with Crippen LogP contribution in [-0.4, -0.2) is 38.5 Å². The summed E-state index contributed by atoms with van der Waals surface area (Å²) in [5.41, 5.74) is 1.56. The molecule has 0 spiro atoms. The zero-order valence-corrected chi connectivity index (χ0v) is 12.7. The number of alkyl halides is 1.